The highest BCUT2D eigenvalue weighted by Gasteiger charge is 2.10. The monoisotopic (exact) mass is 270 g/mol. The molecule has 1 atom stereocenters. The van der Waals surface area contributed by atoms with Gasteiger partial charge in [-0.15, -0.1) is 0 Å². The normalized spacial score (nSPS) is 11.7. The molecule has 2 rings (SSSR count). The highest BCUT2D eigenvalue weighted by atomic mass is 16.5. The van der Waals surface area contributed by atoms with Crippen molar-refractivity contribution in [1.29, 1.82) is 0 Å². The lowest BCUT2D eigenvalue weighted by atomic mass is 10.1. The first kappa shape index (κ1) is 13.9. The molecule has 2 aromatic carbocycles. The molecule has 0 aliphatic heterocycles. The number of esters is 1. The molecule has 0 fully saturated rings. The zero-order valence-corrected chi connectivity index (χ0v) is 11.6. The molecule has 0 aliphatic carbocycles. The Kier molecular flexibility index (Phi) is 4.25. The maximum atomic E-state index is 11.4. The minimum absolute atomic E-state index is 0.127. The van der Waals surface area contributed by atoms with Crippen molar-refractivity contribution in [1.82, 2.24) is 0 Å². The summed E-state index contributed by atoms with van der Waals surface area (Å²) in [5.41, 5.74) is 8.91. The van der Waals surface area contributed by atoms with Gasteiger partial charge in [-0.05, 0) is 30.7 Å². The predicted molar refractivity (Wildman–Crippen MR) is 80.7 cm³/mol. The van der Waals surface area contributed by atoms with Crippen LogP contribution in [0.3, 0.4) is 0 Å². The van der Waals surface area contributed by atoms with Gasteiger partial charge in [-0.25, -0.2) is 4.79 Å². The van der Waals surface area contributed by atoms with Crippen LogP contribution in [-0.2, 0) is 4.74 Å². The first-order chi connectivity index (χ1) is 9.61. The molecule has 0 spiro atoms. The molecule has 3 N–H and O–H groups in total. The number of hydrogen-bond donors (Lipinski definition) is 2. The fourth-order valence-electron chi connectivity index (χ4n) is 2.00. The quantitative estimate of drug-likeness (QED) is 0.661. The first-order valence-corrected chi connectivity index (χ1v) is 6.41. The number of nitrogens with two attached hydrogens (primary N) is 1. The number of ether oxygens (including phenoxy) is 1. The maximum absolute atomic E-state index is 11.4. The van der Waals surface area contributed by atoms with E-state index in [9.17, 15) is 4.79 Å². The van der Waals surface area contributed by atoms with E-state index >= 15 is 0 Å². The van der Waals surface area contributed by atoms with Gasteiger partial charge in [0.15, 0.2) is 0 Å². The number of nitrogens with one attached hydrogen (secondary N) is 1. The SMILES string of the molecule is COC(=O)c1ccc(N[C@@H](C)c2ccccc2)c(N)c1. The molecule has 0 unspecified atom stereocenters. The summed E-state index contributed by atoms with van der Waals surface area (Å²) in [5, 5.41) is 3.33. The minimum Gasteiger partial charge on any atom is -0.465 e. The number of rotatable bonds is 4. The molecule has 104 valence electrons. The third kappa shape index (κ3) is 3.09. The Morgan fingerprint density at radius 3 is 2.50 bits per heavy atom. The van der Waals surface area contributed by atoms with Crippen molar-refractivity contribution in [2.45, 2.75) is 13.0 Å². The van der Waals surface area contributed by atoms with Gasteiger partial charge < -0.3 is 15.8 Å². The standard InChI is InChI=1S/C16H18N2O2/c1-11(12-6-4-3-5-7-12)18-15-9-8-13(10-14(15)17)16(19)20-2/h3-11,18H,17H2,1-2H3/t11-/m0/s1. The Labute approximate surface area is 118 Å². The van der Waals surface area contributed by atoms with E-state index in [1.54, 1.807) is 18.2 Å². The maximum Gasteiger partial charge on any atom is 0.337 e. The largest absolute Gasteiger partial charge is 0.465 e. The number of carbonyl (C=O) groups is 1. The van der Waals surface area contributed by atoms with Gasteiger partial charge in [0.1, 0.15) is 0 Å². The third-order valence-electron chi connectivity index (χ3n) is 3.14. The summed E-state index contributed by atoms with van der Waals surface area (Å²) in [4.78, 5) is 11.4. The lowest BCUT2D eigenvalue weighted by molar-refractivity contribution is 0.0601. The van der Waals surface area contributed by atoms with Crippen molar-refractivity contribution >= 4 is 17.3 Å². The van der Waals surface area contributed by atoms with Gasteiger partial charge in [-0.1, -0.05) is 30.3 Å². The summed E-state index contributed by atoms with van der Waals surface area (Å²) in [5.74, 6) is -0.389. The van der Waals surface area contributed by atoms with E-state index in [2.05, 4.69) is 29.1 Å². The lowest BCUT2D eigenvalue weighted by Crippen LogP contribution is -2.09. The molecule has 2 aromatic rings. The fraction of sp³-hybridized carbons (Fsp3) is 0.188. The molecular formula is C16H18N2O2. The van der Waals surface area contributed by atoms with E-state index in [0.29, 0.717) is 11.3 Å². The lowest BCUT2D eigenvalue weighted by Gasteiger charge is -2.17. The van der Waals surface area contributed by atoms with Gasteiger partial charge in [-0.2, -0.15) is 0 Å². The van der Waals surface area contributed by atoms with Crippen molar-refractivity contribution in [2.24, 2.45) is 0 Å². The smallest absolute Gasteiger partial charge is 0.337 e. The Balaban J connectivity index is 2.16. The molecule has 4 nitrogen and oxygen atoms in total. The van der Waals surface area contributed by atoms with Crippen LogP contribution in [0.5, 0.6) is 0 Å². The van der Waals surface area contributed by atoms with Gasteiger partial charge in [-0.3, -0.25) is 0 Å². The van der Waals surface area contributed by atoms with Crippen molar-refractivity contribution in [3.05, 3.63) is 59.7 Å². The van der Waals surface area contributed by atoms with E-state index in [4.69, 9.17) is 5.73 Å². The summed E-state index contributed by atoms with van der Waals surface area (Å²) in [6.45, 7) is 2.06. The van der Waals surface area contributed by atoms with Gasteiger partial charge in [0.05, 0.1) is 24.0 Å². The zero-order valence-electron chi connectivity index (χ0n) is 11.6. The van der Waals surface area contributed by atoms with E-state index in [-0.39, 0.29) is 12.0 Å². The van der Waals surface area contributed by atoms with Crippen LogP contribution < -0.4 is 11.1 Å². The van der Waals surface area contributed by atoms with Gasteiger partial charge in [0.25, 0.3) is 0 Å². The van der Waals surface area contributed by atoms with Crippen LogP contribution in [0.15, 0.2) is 48.5 Å². The first-order valence-electron chi connectivity index (χ1n) is 6.41. The second-order valence-electron chi connectivity index (χ2n) is 4.57. The average Bonchev–Trinajstić information content (AvgIpc) is 2.49. The summed E-state index contributed by atoms with van der Waals surface area (Å²) >= 11 is 0. The van der Waals surface area contributed by atoms with E-state index < -0.39 is 0 Å². The molecule has 0 saturated carbocycles. The average molecular weight is 270 g/mol. The highest BCUT2D eigenvalue weighted by Crippen LogP contribution is 2.25. The highest BCUT2D eigenvalue weighted by molar-refractivity contribution is 5.91. The Morgan fingerprint density at radius 1 is 1.20 bits per heavy atom. The topological polar surface area (TPSA) is 64.3 Å². The van der Waals surface area contributed by atoms with Crippen LogP contribution >= 0.6 is 0 Å². The number of benzene rings is 2. The molecule has 0 saturated heterocycles. The minimum atomic E-state index is -0.389. The van der Waals surface area contributed by atoms with Crippen molar-refractivity contribution in [3.8, 4) is 0 Å². The molecule has 0 aliphatic rings. The summed E-state index contributed by atoms with van der Waals surface area (Å²) in [6, 6.07) is 15.3. The van der Waals surface area contributed by atoms with Gasteiger partial charge in [0, 0.05) is 6.04 Å². The van der Waals surface area contributed by atoms with Crippen molar-refractivity contribution in [2.75, 3.05) is 18.2 Å². The number of carbonyl (C=O) groups excluding carboxylic acids is 1. The predicted octanol–water partition coefficient (Wildman–Crippen LogP) is 3.23. The molecule has 0 aromatic heterocycles. The molecule has 0 radical (unpaired) electrons. The second kappa shape index (κ2) is 6.10. The number of hydrogen-bond acceptors (Lipinski definition) is 4. The van der Waals surface area contributed by atoms with Gasteiger partial charge in [0.2, 0.25) is 0 Å². The van der Waals surface area contributed by atoms with Crippen LogP contribution in [-0.4, -0.2) is 13.1 Å². The summed E-state index contributed by atoms with van der Waals surface area (Å²) in [6.07, 6.45) is 0. The van der Waals surface area contributed by atoms with Crippen LogP contribution in [0, 0.1) is 0 Å². The third-order valence-corrected chi connectivity index (χ3v) is 3.14. The molecule has 0 bridgehead atoms. The Morgan fingerprint density at radius 2 is 1.90 bits per heavy atom. The summed E-state index contributed by atoms with van der Waals surface area (Å²) in [7, 11) is 1.35. The summed E-state index contributed by atoms with van der Waals surface area (Å²) < 4.78 is 4.67. The number of methoxy groups -OCH3 is 1. The van der Waals surface area contributed by atoms with Crippen LogP contribution in [0.4, 0.5) is 11.4 Å². The Hall–Kier alpha value is -2.49. The van der Waals surface area contributed by atoms with E-state index in [0.717, 1.165) is 5.69 Å². The van der Waals surface area contributed by atoms with Crippen LogP contribution in [0.2, 0.25) is 0 Å². The molecular weight excluding hydrogens is 252 g/mol. The zero-order chi connectivity index (χ0) is 14.5. The van der Waals surface area contributed by atoms with Crippen molar-refractivity contribution < 1.29 is 9.53 Å². The van der Waals surface area contributed by atoms with Crippen LogP contribution in [0.25, 0.3) is 0 Å². The molecule has 20 heavy (non-hydrogen) atoms. The van der Waals surface area contributed by atoms with Gasteiger partial charge >= 0.3 is 5.97 Å². The van der Waals surface area contributed by atoms with E-state index in [1.165, 1.54) is 12.7 Å². The van der Waals surface area contributed by atoms with Crippen molar-refractivity contribution in [3.63, 3.8) is 0 Å². The fourth-order valence-corrected chi connectivity index (χ4v) is 2.00. The molecule has 0 heterocycles. The number of nitrogen functional groups attached to an aromatic ring is 1. The Bertz CT molecular complexity index is 597. The molecule has 0 amide bonds. The second-order valence-corrected chi connectivity index (χ2v) is 4.57. The molecule has 4 heteroatoms. The number of anilines is 2. The van der Waals surface area contributed by atoms with E-state index in [1.807, 2.05) is 18.2 Å². The van der Waals surface area contributed by atoms with Crippen LogP contribution in [0.1, 0.15) is 28.9 Å².